The molecule has 1 aliphatic rings. The number of hydrogen-bond acceptors (Lipinski definition) is 4. The van der Waals surface area contributed by atoms with Crippen molar-refractivity contribution in [2.75, 3.05) is 11.9 Å². The van der Waals surface area contributed by atoms with Crippen molar-refractivity contribution >= 4 is 39.0 Å². The van der Waals surface area contributed by atoms with Crippen LogP contribution < -0.4 is 11.1 Å². The Bertz CT molecular complexity index is 643. The van der Waals surface area contributed by atoms with Gasteiger partial charge < -0.3 is 11.1 Å². The van der Waals surface area contributed by atoms with Crippen molar-refractivity contribution in [2.45, 2.75) is 38.1 Å². The van der Waals surface area contributed by atoms with Crippen LogP contribution in [0.15, 0.2) is 22.0 Å². The van der Waals surface area contributed by atoms with Gasteiger partial charge in [-0.25, -0.2) is 0 Å². The molecule has 2 aromatic rings. The lowest BCUT2D eigenvalue weighted by Gasteiger charge is -2.12. The Morgan fingerprint density at radius 2 is 2.36 bits per heavy atom. The van der Waals surface area contributed by atoms with Gasteiger partial charge in [-0.1, -0.05) is 0 Å². The molecule has 1 unspecified atom stereocenters. The lowest BCUT2D eigenvalue weighted by molar-refractivity contribution is -0.116. The maximum atomic E-state index is 12.3. The van der Waals surface area contributed by atoms with E-state index in [4.69, 9.17) is 5.73 Å². The predicted molar refractivity (Wildman–Crippen MR) is 92.2 cm³/mol. The van der Waals surface area contributed by atoms with Crippen LogP contribution in [0, 0.1) is 0 Å². The van der Waals surface area contributed by atoms with E-state index in [0.717, 1.165) is 28.0 Å². The van der Waals surface area contributed by atoms with Crippen LogP contribution >= 0.6 is 27.3 Å². The first-order valence-electron chi connectivity index (χ1n) is 7.47. The van der Waals surface area contributed by atoms with Crippen LogP contribution in [0.4, 0.5) is 5.82 Å². The average Bonchev–Trinajstić information content (AvgIpc) is 3.10. The Kier molecular flexibility index (Phi) is 4.95. The number of fused-ring (bicyclic) bond motifs is 1. The Morgan fingerprint density at radius 1 is 1.50 bits per heavy atom. The summed E-state index contributed by atoms with van der Waals surface area (Å²) in [7, 11) is 0. The topological polar surface area (TPSA) is 72.9 Å². The molecule has 118 valence electrons. The summed E-state index contributed by atoms with van der Waals surface area (Å²) in [5.74, 6) is 0.675. The van der Waals surface area contributed by atoms with E-state index in [0.29, 0.717) is 18.8 Å². The number of aryl methyl sites for hydroxylation is 2. The number of hydrogen-bond donors (Lipinski definition) is 2. The van der Waals surface area contributed by atoms with Gasteiger partial charge >= 0.3 is 0 Å². The minimum Gasteiger partial charge on any atom is -0.330 e. The summed E-state index contributed by atoms with van der Waals surface area (Å²) in [4.78, 5) is 13.4. The average molecular weight is 383 g/mol. The molecule has 0 fully saturated rings. The van der Waals surface area contributed by atoms with Gasteiger partial charge in [0.1, 0.15) is 0 Å². The summed E-state index contributed by atoms with van der Waals surface area (Å²) in [6.45, 7) is 1.40. The fourth-order valence-electron chi connectivity index (χ4n) is 2.74. The number of carbonyl (C=O) groups excluding carboxylic acids is 1. The zero-order valence-corrected chi connectivity index (χ0v) is 14.6. The van der Waals surface area contributed by atoms with Gasteiger partial charge in [0.05, 0.1) is 3.79 Å². The largest absolute Gasteiger partial charge is 0.330 e. The van der Waals surface area contributed by atoms with E-state index in [1.54, 1.807) is 11.3 Å². The van der Waals surface area contributed by atoms with Gasteiger partial charge in [-0.3, -0.25) is 9.48 Å². The second-order valence-electron chi connectivity index (χ2n) is 5.53. The molecular formula is C15H19BrN4OS. The van der Waals surface area contributed by atoms with Crippen molar-refractivity contribution in [1.82, 2.24) is 9.78 Å². The van der Waals surface area contributed by atoms with Crippen LogP contribution in [0.2, 0.25) is 0 Å². The van der Waals surface area contributed by atoms with E-state index in [1.807, 2.05) is 22.9 Å². The maximum Gasteiger partial charge on any atom is 0.226 e. The summed E-state index contributed by atoms with van der Waals surface area (Å²) in [5.41, 5.74) is 7.03. The number of amides is 1. The zero-order chi connectivity index (χ0) is 15.5. The summed E-state index contributed by atoms with van der Waals surface area (Å²) >= 11 is 5.07. The molecule has 0 aromatic carbocycles. The number of nitrogens with zero attached hydrogens (tertiary/aromatic N) is 2. The molecule has 3 heterocycles. The van der Waals surface area contributed by atoms with Crippen molar-refractivity contribution in [1.29, 1.82) is 0 Å². The molecule has 0 bridgehead atoms. The standard InChI is InChI=1S/C15H19BrN4OS/c16-13-5-4-12(22-13)10(9-17)7-15(21)18-14-8-11-3-1-2-6-20(11)19-14/h4-5,8,10H,1-3,6-7,9,17H2,(H,18,19,21). The highest BCUT2D eigenvalue weighted by Gasteiger charge is 2.18. The number of thiophene rings is 1. The molecule has 5 nitrogen and oxygen atoms in total. The smallest absolute Gasteiger partial charge is 0.226 e. The highest BCUT2D eigenvalue weighted by atomic mass is 79.9. The molecule has 22 heavy (non-hydrogen) atoms. The molecule has 1 aliphatic heterocycles. The van der Waals surface area contributed by atoms with Gasteiger partial charge in [0, 0.05) is 42.1 Å². The van der Waals surface area contributed by atoms with Crippen LogP contribution in [-0.4, -0.2) is 22.2 Å². The lowest BCUT2D eigenvalue weighted by atomic mass is 10.0. The van der Waals surface area contributed by atoms with E-state index >= 15 is 0 Å². The summed E-state index contributed by atoms with van der Waals surface area (Å²) in [6.07, 6.45) is 3.77. The van der Waals surface area contributed by atoms with E-state index in [9.17, 15) is 4.79 Å². The third-order valence-corrected chi connectivity index (χ3v) is 5.68. The maximum absolute atomic E-state index is 12.3. The Balaban J connectivity index is 1.62. The van der Waals surface area contributed by atoms with Gasteiger partial charge in [-0.15, -0.1) is 11.3 Å². The molecule has 3 rings (SSSR count). The SMILES string of the molecule is NCC(CC(=O)Nc1cc2n(n1)CCCC2)c1ccc(Br)s1. The quantitative estimate of drug-likeness (QED) is 0.833. The Labute approximate surface area is 142 Å². The fourth-order valence-corrected chi connectivity index (χ4v) is 4.28. The monoisotopic (exact) mass is 382 g/mol. The molecule has 0 saturated heterocycles. The summed E-state index contributed by atoms with van der Waals surface area (Å²) < 4.78 is 3.05. The number of nitrogens with two attached hydrogens (primary N) is 1. The molecule has 0 aliphatic carbocycles. The fraction of sp³-hybridized carbons (Fsp3) is 0.467. The minimum atomic E-state index is -0.0320. The molecular weight excluding hydrogens is 364 g/mol. The van der Waals surface area contributed by atoms with Gasteiger partial charge in [0.15, 0.2) is 5.82 Å². The van der Waals surface area contributed by atoms with E-state index in [2.05, 4.69) is 26.3 Å². The zero-order valence-electron chi connectivity index (χ0n) is 12.2. The molecule has 0 saturated carbocycles. The predicted octanol–water partition coefficient (Wildman–Crippen LogP) is 3.11. The van der Waals surface area contributed by atoms with E-state index < -0.39 is 0 Å². The molecule has 1 amide bonds. The molecule has 1 atom stereocenters. The molecule has 2 aromatic heterocycles. The number of halogens is 1. The molecule has 0 spiro atoms. The third kappa shape index (κ3) is 3.59. The molecule has 3 N–H and O–H groups in total. The van der Waals surface area contributed by atoms with Crippen LogP contribution in [0.3, 0.4) is 0 Å². The minimum absolute atomic E-state index is 0.0320. The summed E-state index contributed by atoms with van der Waals surface area (Å²) in [5, 5.41) is 7.36. The highest BCUT2D eigenvalue weighted by molar-refractivity contribution is 9.11. The first-order chi connectivity index (χ1) is 10.7. The number of anilines is 1. The van der Waals surface area contributed by atoms with Crippen molar-refractivity contribution < 1.29 is 4.79 Å². The Morgan fingerprint density at radius 3 is 3.05 bits per heavy atom. The number of carbonyl (C=O) groups is 1. The van der Waals surface area contributed by atoms with E-state index in [1.165, 1.54) is 12.1 Å². The lowest BCUT2D eigenvalue weighted by Crippen LogP contribution is -2.20. The normalized spacial score (nSPS) is 15.4. The van der Waals surface area contributed by atoms with Crippen LogP contribution in [0.1, 0.15) is 35.8 Å². The number of aromatic nitrogens is 2. The number of nitrogens with one attached hydrogen (secondary N) is 1. The second kappa shape index (κ2) is 6.93. The van der Waals surface area contributed by atoms with Crippen LogP contribution in [0.25, 0.3) is 0 Å². The molecule has 7 heteroatoms. The van der Waals surface area contributed by atoms with E-state index in [-0.39, 0.29) is 11.8 Å². The van der Waals surface area contributed by atoms with Gasteiger partial charge in [0.25, 0.3) is 0 Å². The first kappa shape index (κ1) is 15.7. The van der Waals surface area contributed by atoms with Crippen molar-refractivity contribution in [3.8, 4) is 0 Å². The summed E-state index contributed by atoms with van der Waals surface area (Å²) in [6, 6.07) is 6.00. The highest BCUT2D eigenvalue weighted by Crippen LogP contribution is 2.30. The van der Waals surface area contributed by atoms with Crippen LogP contribution in [0.5, 0.6) is 0 Å². The van der Waals surface area contributed by atoms with Gasteiger partial charge in [-0.05, 0) is 47.3 Å². The number of rotatable bonds is 5. The van der Waals surface area contributed by atoms with Gasteiger partial charge in [0.2, 0.25) is 5.91 Å². The second-order valence-corrected chi connectivity index (χ2v) is 8.02. The molecule has 0 radical (unpaired) electrons. The third-order valence-electron chi connectivity index (χ3n) is 3.90. The first-order valence-corrected chi connectivity index (χ1v) is 9.08. The van der Waals surface area contributed by atoms with Gasteiger partial charge in [-0.2, -0.15) is 5.10 Å². The Hall–Kier alpha value is -1.18. The van der Waals surface area contributed by atoms with Crippen molar-refractivity contribution in [2.24, 2.45) is 5.73 Å². The van der Waals surface area contributed by atoms with Crippen LogP contribution in [-0.2, 0) is 17.8 Å². The van der Waals surface area contributed by atoms with Crippen molar-refractivity contribution in [3.63, 3.8) is 0 Å². The van der Waals surface area contributed by atoms with Crippen molar-refractivity contribution in [3.05, 3.63) is 32.6 Å².